The molecule has 3 aromatic rings. The van der Waals surface area contributed by atoms with E-state index < -0.39 is 5.97 Å². The predicted octanol–water partition coefficient (Wildman–Crippen LogP) is 4.93. The van der Waals surface area contributed by atoms with Crippen LogP contribution in [-0.2, 0) is 0 Å². The van der Waals surface area contributed by atoms with Crippen molar-refractivity contribution in [3.8, 4) is 5.75 Å². The van der Waals surface area contributed by atoms with E-state index in [9.17, 15) is 9.59 Å². The van der Waals surface area contributed by atoms with E-state index in [-0.39, 0.29) is 11.5 Å². The average Bonchev–Trinajstić information content (AvgIpc) is 3.22. The van der Waals surface area contributed by atoms with Crippen LogP contribution in [0.2, 0.25) is 0 Å². The zero-order valence-electron chi connectivity index (χ0n) is 15.1. The van der Waals surface area contributed by atoms with E-state index in [1.807, 2.05) is 43.3 Å². The molecule has 3 rings (SSSR count). The van der Waals surface area contributed by atoms with Crippen LogP contribution in [0.5, 0.6) is 5.75 Å². The molecule has 5 heteroatoms. The van der Waals surface area contributed by atoms with E-state index in [0.29, 0.717) is 10.4 Å². The standard InChI is InChI=1S/C22H19NO3S/c1-23(2)17-12-9-16(10-13-17)11-14-19(24)18-6-3-4-7-20(18)26-22(25)21-8-5-15-27-21/h3-15H,1-2H3/b14-11+. The zero-order valence-corrected chi connectivity index (χ0v) is 15.9. The van der Waals surface area contributed by atoms with Crippen LogP contribution in [-0.4, -0.2) is 25.8 Å². The maximum absolute atomic E-state index is 12.6. The number of thiophene rings is 1. The lowest BCUT2D eigenvalue weighted by Crippen LogP contribution is -2.09. The normalized spacial score (nSPS) is 10.7. The van der Waals surface area contributed by atoms with Crippen LogP contribution in [0, 0.1) is 0 Å². The predicted molar refractivity (Wildman–Crippen MR) is 110 cm³/mol. The number of ether oxygens (including phenoxy) is 1. The molecule has 1 heterocycles. The largest absolute Gasteiger partial charge is 0.422 e. The summed E-state index contributed by atoms with van der Waals surface area (Å²) in [7, 11) is 3.95. The molecule has 0 fully saturated rings. The first-order chi connectivity index (χ1) is 13.0. The van der Waals surface area contributed by atoms with Gasteiger partial charge in [0.2, 0.25) is 0 Å². The third-order valence-corrected chi connectivity index (χ3v) is 4.76. The summed E-state index contributed by atoms with van der Waals surface area (Å²) in [6, 6.07) is 18.1. The minimum atomic E-state index is -0.464. The first kappa shape index (κ1) is 18.6. The van der Waals surface area contributed by atoms with E-state index in [1.165, 1.54) is 17.4 Å². The molecule has 0 bridgehead atoms. The summed E-state index contributed by atoms with van der Waals surface area (Å²) in [6.07, 6.45) is 3.24. The number of ketones is 1. The van der Waals surface area contributed by atoms with Gasteiger partial charge in [-0.1, -0.05) is 36.4 Å². The average molecular weight is 377 g/mol. The van der Waals surface area contributed by atoms with Crippen molar-refractivity contribution in [3.05, 3.63) is 88.1 Å². The van der Waals surface area contributed by atoms with Crippen molar-refractivity contribution in [2.45, 2.75) is 0 Å². The van der Waals surface area contributed by atoms with Gasteiger partial charge in [-0.25, -0.2) is 4.79 Å². The lowest BCUT2D eigenvalue weighted by molar-refractivity contribution is 0.0738. The molecule has 0 saturated heterocycles. The summed E-state index contributed by atoms with van der Waals surface area (Å²) >= 11 is 1.30. The number of anilines is 1. The van der Waals surface area contributed by atoms with Crippen molar-refractivity contribution in [2.75, 3.05) is 19.0 Å². The van der Waals surface area contributed by atoms with Crippen molar-refractivity contribution in [2.24, 2.45) is 0 Å². The highest BCUT2D eigenvalue weighted by molar-refractivity contribution is 7.12. The van der Waals surface area contributed by atoms with Crippen LogP contribution in [0.4, 0.5) is 5.69 Å². The molecule has 0 aliphatic heterocycles. The molecule has 1 aromatic heterocycles. The Morgan fingerprint density at radius 2 is 1.70 bits per heavy atom. The minimum Gasteiger partial charge on any atom is -0.422 e. The van der Waals surface area contributed by atoms with E-state index in [1.54, 1.807) is 47.9 Å². The Balaban J connectivity index is 1.75. The number of nitrogens with zero attached hydrogens (tertiary/aromatic N) is 1. The van der Waals surface area contributed by atoms with Gasteiger partial charge >= 0.3 is 5.97 Å². The van der Waals surface area contributed by atoms with Crippen LogP contribution in [0.25, 0.3) is 6.08 Å². The van der Waals surface area contributed by atoms with Gasteiger partial charge < -0.3 is 9.64 Å². The Labute approximate surface area is 162 Å². The third kappa shape index (κ3) is 4.71. The quantitative estimate of drug-likeness (QED) is 0.264. The number of para-hydroxylation sites is 1. The second-order valence-corrected chi connectivity index (χ2v) is 6.99. The number of hydrogen-bond donors (Lipinski definition) is 0. The van der Waals surface area contributed by atoms with Gasteiger partial charge in [0.05, 0.1) is 5.56 Å². The van der Waals surface area contributed by atoms with Gasteiger partial charge in [0, 0.05) is 19.8 Å². The summed E-state index contributed by atoms with van der Waals surface area (Å²) in [5, 5.41) is 1.80. The summed E-state index contributed by atoms with van der Waals surface area (Å²) in [6.45, 7) is 0. The molecule has 0 saturated carbocycles. The third-order valence-electron chi connectivity index (χ3n) is 3.91. The van der Waals surface area contributed by atoms with Crippen LogP contribution >= 0.6 is 11.3 Å². The van der Waals surface area contributed by atoms with E-state index >= 15 is 0 Å². The fraction of sp³-hybridized carbons (Fsp3) is 0.0909. The zero-order chi connectivity index (χ0) is 19.2. The molecule has 2 aromatic carbocycles. The number of hydrogen-bond acceptors (Lipinski definition) is 5. The Bertz CT molecular complexity index is 957. The van der Waals surface area contributed by atoms with Crippen LogP contribution in [0.15, 0.2) is 72.1 Å². The van der Waals surface area contributed by atoms with Crippen molar-refractivity contribution in [1.82, 2.24) is 0 Å². The number of esters is 1. The maximum atomic E-state index is 12.6. The Hall–Kier alpha value is -3.18. The topological polar surface area (TPSA) is 46.6 Å². The minimum absolute atomic E-state index is 0.221. The second kappa shape index (κ2) is 8.47. The number of benzene rings is 2. The molecule has 136 valence electrons. The SMILES string of the molecule is CN(C)c1ccc(/C=C/C(=O)c2ccccc2OC(=O)c2cccs2)cc1. The number of carbonyl (C=O) groups excluding carboxylic acids is 2. The molecule has 0 unspecified atom stereocenters. The van der Waals surface area contributed by atoms with E-state index in [0.717, 1.165) is 11.3 Å². The van der Waals surface area contributed by atoms with Crippen molar-refractivity contribution < 1.29 is 14.3 Å². The Kier molecular flexibility index (Phi) is 5.84. The first-order valence-corrected chi connectivity index (χ1v) is 9.27. The molecular weight excluding hydrogens is 358 g/mol. The van der Waals surface area contributed by atoms with Gasteiger partial charge in [-0.2, -0.15) is 0 Å². The summed E-state index contributed by atoms with van der Waals surface area (Å²) < 4.78 is 5.42. The molecule has 0 N–H and O–H groups in total. The van der Waals surface area contributed by atoms with E-state index in [2.05, 4.69) is 0 Å². The van der Waals surface area contributed by atoms with Gasteiger partial charge in [0.15, 0.2) is 5.78 Å². The molecule has 27 heavy (non-hydrogen) atoms. The molecule has 0 atom stereocenters. The monoisotopic (exact) mass is 377 g/mol. The van der Waals surface area contributed by atoms with Crippen molar-refractivity contribution in [1.29, 1.82) is 0 Å². The van der Waals surface area contributed by atoms with Gasteiger partial charge in [0.25, 0.3) is 0 Å². The van der Waals surface area contributed by atoms with Gasteiger partial charge in [-0.3, -0.25) is 4.79 Å². The molecule has 0 spiro atoms. The summed E-state index contributed by atoms with van der Waals surface area (Å²) in [5.41, 5.74) is 2.36. The number of rotatable bonds is 6. The molecule has 0 aliphatic carbocycles. The summed E-state index contributed by atoms with van der Waals surface area (Å²) in [4.78, 5) is 27.3. The van der Waals surface area contributed by atoms with Gasteiger partial charge in [-0.15, -0.1) is 11.3 Å². The van der Waals surface area contributed by atoms with Gasteiger partial charge in [0.1, 0.15) is 10.6 Å². The fourth-order valence-electron chi connectivity index (χ4n) is 2.45. The Morgan fingerprint density at radius 3 is 2.37 bits per heavy atom. The number of carbonyl (C=O) groups is 2. The van der Waals surface area contributed by atoms with Crippen LogP contribution in [0.3, 0.4) is 0 Å². The first-order valence-electron chi connectivity index (χ1n) is 8.39. The number of allylic oxidation sites excluding steroid dienone is 1. The van der Waals surface area contributed by atoms with E-state index in [4.69, 9.17) is 4.74 Å². The fourth-order valence-corrected chi connectivity index (χ4v) is 3.05. The highest BCUT2D eigenvalue weighted by atomic mass is 32.1. The highest BCUT2D eigenvalue weighted by Crippen LogP contribution is 2.22. The summed E-state index contributed by atoms with van der Waals surface area (Å²) in [5.74, 6) is -0.428. The maximum Gasteiger partial charge on any atom is 0.353 e. The smallest absolute Gasteiger partial charge is 0.353 e. The Morgan fingerprint density at radius 1 is 0.963 bits per heavy atom. The van der Waals surface area contributed by atoms with Crippen LogP contribution in [0.1, 0.15) is 25.6 Å². The van der Waals surface area contributed by atoms with Gasteiger partial charge in [-0.05, 0) is 47.4 Å². The highest BCUT2D eigenvalue weighted by Gasteiger charge is 2.15. The second-order valence-electron chi connectivity index (χ2n) is 6.05. The molecule has 4 nitrogen and oxygen atoms in total. The lowest BCUT2D eigenvalue weighted by Gasteiger charge is -2.11. The molecule has 0 amide bonds. The molecular formula is C22H19NO3S. The van der Waals surface area contributed by atoms with Crippen LogP contribution < -0.4 is 9.64 Å². The lowest BCUT2D eigenvalue weighted by atomic mass is 10.1. The molecule has 0 aliphatic rings. The molecule has 0 radical (unpaired) electrons. The van der Waals surface area contributed by atoms with Crippen molar-refractivity contribution in [3.63, 3.8) is 0 Å². The van der Waals surface area contributed by atoms with Crippen molar-refractivity contribution >= 4 is 34.9 Å².